The molecule has 0 aromatic rings. The molecule has 86 valence electrons. The smallest absolute Gasteiger partial charge is 0.223 e. The van der Waals surface area contributed by atoms with Crippen LogP contribution in [0.25, 0.3) is 0 Å². The molecular formula is C7H13N3O5. The van der Waals surface area contributed by atoms with Gasteiger partial charge in [0.2, 0.25) is 12.1 Å². The maximum absolute atomic E-state index is 10.7. The van der Waals surface area contributed by atoms with E-state index in [1.54, 1.807) is 6.92 Å². The van der Waals surface area contributed by atoms with E-state index < -0.39 is 33.9 Å². The SMILES string of the molecule is CC1C(NO)CC([N+](=O)[O-])CC1[N+](=O)[O-]. The van der Waals surface area contributed by atoms with Crippen molar-refractivity contribution in [3.05, 3.63) is 20.2 Å². The molecule has 0 spiro atoms. The number of hydrogen-bond donors (Lipinski definition) is 2. The van der Waals surface area contributed by atoms with Gasteiger partial charge in [-0.25, -0.2) is 5.48 Å². The van der Waals surface area contributed by atoms with E-state index in [1.807, 2.05) is 5.48 Å². The zero-order valence-electron chi connectivity index (χ0n) is 8.20. The molecule has 1 fully saturated rings. The molecule has 0 radical (unpaired) electrons. The van der Waals surface area contributed by atoms with Gasteiger partial charge < -0.3 is 5.21 Å². The van der Waals surface area contributed by atoms with Crippen molar-refractivity contribution in [2.75, 3.05) is 0 Å². The Morgan fingerprint density at radius 2 is 1.87 bits per heavy atom. The molecule has 4 unspecified atom stereocenters. The monoisotopic (exact) mass is 219 g/mol. The van der Waals surface area contributed by atoms with Gasteiger partial charge in [0.15, 0.2) is 0 Å². The number of rotatable bonds is 3. The van der Waals surface area contributed by atoms with Crippen LogP contribution in [0.3, 0.4) is 0 Å². The van der Waals surface area contributed by atoms with Crippen molar-refractivity contribution >= 4 is 0 Å². The summed E-state index contributed by atoms with van der Waals surface area (Å²) in [7, 11) is 0. The second-order valence-corrected chi connectivity index (χ2v) is 3.86. The first-order valence-electron chi connectivity index (χ1n) is 4.64. The Bertz CT molecular complexity index is 271. The van der Waals surface area contributed by atoms with Crippen molar-refractivity contribution in [2.24, 2.45) is 5.92 Å². The van der Waals surface area contributed by atoms with E-state index in [-0.39, 0.29) is 12.8 Å². The van der Waals surface area contributed by atoms with Crippen molar-refractivity contribution in [3.63, 3.8) is 0 Å². The van der Waals surface area contributed by atoms with Gasteiger partial charge in [0.25, 0.3) is 0 Å². The number of nitrogens with one attached hydrogen (secondary N) is 1. The summed E-state index contributed by atoms with van der Waals surface area (Å²) >= 11 is 0. The van der Waals surface area contributed by atoms with Gasteiger partial charge >= 0.3 is 0 Å². The molecule has 0 bridgehead atoms. The molecule has 0 aliphatic heterocycles. The van der Waals surface area contributed by atoms with Crippen molar-refractivity contribution in [1.82, 2.24) is 5.48 Å². The maximum Gasteiger partial charge on any atom is 0.223 e. The summed E-state index contributed by atoms with van der Waals surface area (Å²) in [5, 5.41) is 30.0. The lowest BCUT2D eigenvalue weighted by atomic mass is 9.80. The number of hydroxylamine groups is 1. The highest BCUT2D eigenvalue weighted by Crippen LogP contribution is 2.28. The lowest BCUT2D eigenvalue weighted by Crippen LogP contribution is -2.51. The molecule has 8 heteroatoms. The molecule has 0 heterocycles. The van der Waals surface area contributed by atoms with Crippen molar-refractivity contribution in [2.45, 2.75) is 37.9 Å². The van der Waals surface area contributed by atoms with Gasteiger partial charge in [-0.15, -0.1) is 0 Å². The van der Waals surface area contributed by atoms with Crippen molar-refractivity contribution in [3.8, 4) is 0 Å². The van der Waals surface area contributed by atoms with Crippen LogP contribution >= 0.6 is 0 Å². The van der Waals surface area contributed by atoms with Crippen LogP contribution in [0, 0.1) is 26.1 Å². The molecule has 1 rings (SSSR count). The zero-order chi connectivity index (χ0) is 11.6. The fourth-order valence-corrected chi connectivity index (χ4v) is 1.99. The minimum Gasteiger partial charge on any atom is -0.317 e. The van der Waals surface area contributed by atoms with E-state index in [4.69, 9.17) is 5.21 Å². The molecule has 8 nitrogen and oxygen atoms in total. The average Bonchev–Trinajstić information content (AvgIpc) is 2.17. The summed E-state index contributed by atoms with van der Waals surface area (Å²) in [5.74, 6) is -0.416. The normalized spacial score (nSPS) is 36.1. The molecule has 0 amide bonds. The summed E-state index contributed by atoms with van der Waals surface area (Å²) < 4.78 is 0. The largest absolute Gasteiger partial charge is 0.317 e. The zero-order valence-corrected chi connectivity index (χ0v) is 8.20. The van der Waals surface area contributed by atoms with E-state index in [9.17, 15) is 20.2 Å². The quantitative estimate of drug-likeness (QED) is 0.511. The highest BCUT2D eigenvalue weighted by molar-refractivity contribution is 4.87. The topological polar surface area (TPSA) is 119 Å². The molecule has 0 aromatic heterocycles. The predicted octanol–water partition coefficient (Wildman–Crippen LogP) is 0.0543. The Balaban J connectivity index is 2.80. The molecule has 0 aromatic carbocycles. The maximum atomic E-state index is 10.7. The van der Waals surface area contributed by atoms with Gasteiger partial charge in [0, 0.05) is 28.2 Å². The van der Waals surface area contributed by atoms with Gasteiger partial charge in [0.05, 0.1) is 6.42 Å². The number of nitro groups is 2. The van der Waals surface area contributed by atoms with Gasteiger partial charge in [-0.3, -0.25) is 20.2 Å². The van der Waals surface area contributed by atoms with Gasteiger partial charge in [-0.2, -0.15) is 0 Å². The predicted molar refractivity (Wildman–Crippen MR) is 48.7 cm³/mol. The second kappa shape index (κ2) is 4.49. The Hall–Kier alpha value is -1.28. The van der Waals surface area contributed by atoms with E-state index in [2.05, 4.69) is 0 Å². The highest BCUT2D eigenvalue weighted by Gasteiger charge is 2.46. The van der Waals surface area contributed by atoms with E-state index in [0.717, 1.165) is 0 Å². The molecule has 4 atom stereocenters. The number of hydrogen-bond acceptors (Lipinski definition) is 6. The van der Waals surface area contributed by atoms with Crippen LogP contribution < -0.4 is 5.48 Å². The molecule has 0 saturated heterocycles. The summed E-state index contributed by atoms with van der Waals surface area (Å²) in [4.78, 5) is 20.2. The average molecular weight is 219 g/mol. The molecule has 15 heavy (non-hydrogen) atoms. The Labute approximate surface area is 85.5 Å². The summed E-state index contributed by atoms with van der Waals surface area (Å²) in [6, 6.07) is -2.52. The van der Waals surface area contributed by atoms with Crippen LogP contribution in [0.1, 0.15) is 19.8 Å². The number of nitrogens with zero attached hydrogens (tertiary/aromatic N) is 2. The van der Waals surface area contributed by atoms with Crippen LogP contribution in [-0.2, 0) is 0 Å². The van der Waals surface area contributed by atoms with Crippen molar-refractivity contribution in [1.29, 1.82) is 0 Å². The van der Waals surface area contributed by atoms with Crippen LogP contribution in [0.4, 0.5) is 0 Å². The van der Waals surface area contributed by atoms with Crippen molar-refractivity contribution < 1.29 is 15.1 Å². The lowest BCUT2D eigenvalue weighted by molar-refractivity contribution is -0.575. The van der Waals surface area contributed by atoms with Gasteiger partial charge in [0.1, 0.15) is 0 Å². The van der Waals surface area contributed by atoms with E-state index >= 15 is 0 Å². The van der Waals surface area contributed by atoms with E-state index in [1.165, 1.54) is 0 Å². The van der Waals surface area contributed by atoms with Gasteiger partial charge in [-0.05, 0) is 0 Å². The summed E-state index contributed by atoms with van der Waals surface area (Å²) in [6.45, 7) is 1.61. The third-order valence-corrected chi connectivity index (χ3v) is 3.02. The fourth-order valence-electron chi connectivity index (χ4n) is 1.99. The first-order chi connectivity index (χ1) is 6.97. The van der Waals surface area contributed by atoms with Crippen LogP contribution in [0.2, 0.25) is 0 Å². The molecular weight excluding hydrogens is 206 g/mol. The first kappa shape index (κ1) is 11.8. The second-order valence-electron chi connectivity index (χ2n) is 3.86. The lowest BCUT2D eigenvalue weighted by Gasteiger charge is -2.31. The molecule has 1 aliphatic rings. The Morgan fingerprint density at radius 3 is 2.27 bits per heavy atom. The van der Waals surface area contributed by atoms with Crippen LogP contribution in [0.5, 0.6) is 0 Å². The molecule has 1 aliphatic carbocycles. The summed E-state index contributed by atoms with van der Waals surface area (Å²) in [5.41, 5.74) is 1.91. The third-order valence-electron chi connectivity index (χ3n) is 3.02. The first-order valence-corrected chi connectivity index (χ1v) is 4.64. The van der Waals surface area contributed by atoms with E-state index in [0.29, 0.717) is 0 Å². The minimum absolute atomic E-state index is 0.0701. The van der Waals surface area contributed by atoms with Crippen LogP contribution in [-0.4, -0.2) is 33.2 Å². The molecule has 2 N–H and O–H groups in total. The summed E-state index contributed by atoms with van der Waals surface area (Å²) in [6.07, 6.45) is 0.0500. The Kier molecular flexibility index (Phi) is 3.53. The third kappa shape index (κ3) is 2.39. The Morgan fingerprint density at radius 1 is 1.27 bits per heavy atom. The van der Waals surface area contributed by atoms with Crippen LogP contribution in [0.15, 0.2) is 0 Å². The standard InChI is InChI=1S/C7H13N3O5/c1-4-6(8-11)2-5(9(12)13)3-7(4)10(14)15/h4-8,11H,2-3H2,1H3. The van der Waals surface area contributed by atoms with Gasteiger partial charge in [-0.1, -0.05) is 6.92 Å². The fraction of sp³-hybridized carbons (Fsp3) is 1.00. The highest BCUT2D eigenvalue weighted by atomic mass is 16.6. The molecule has 1 saturated carbocycles. The minimum atomic E-state index is -0.973.